The number of anilines is 3. The topological polar surface area (TPSA) is 149 Å². The summed E-state index contributed by atoms with van der Waals surface area (Å²) in [5.74, 6) is 0.178. The van der Waals surface area contributed by atoms with E-state index in [0.29, 0.717) is 5.75 Å². The Balaban J connectivity index is 0.000000179. The lowest BCUT2D eigenvalue weighted by molar-refractivity contribution is -0.192. The number of nitrogens with two attached hydrogens (primary N) is 1. The van der Waals surface area contributed by atoms with Crippen LogP contribution in [0, 0.1) is 7.14 Å². The molecule has 0 unspecified atom stereocenters. The number of alkyl halides is 3. The lowest BCUT2D eigenvalue weighted by atomic mass is 10.3. The summed E-state index contributed by atoms with van der Waals surface area (Å²) in [4.78, 5) is 29.5. The molecule has 0 radical (unpaired) electrons. The monoisotopic (exact) mass is 969 g/mol. The van der Waals surface area contributed by atoms with Gasteiger partial charge in [-0.05, 0) is 118 Å². The van der Waals surface area contributed by atoms with Gasteiger partial charge in [0, 0.05) is 36.0 Å². The Labute approximate surface area is 329 Å². The normalized spacial score (nSPS) is 10.7. The predicted octanol–water partition coefficient (Wildman–Crippen LogP) is 11.2. The second-order valence-corrected chi connectivity index (χ2v) is 14.9. The highest BCUT2D eigenvalue weighted by molar-refractivity contribution is 14.1. The van der Waals surface area contributed by atoms with E-state index >= 15 is 0 Å². The van der Waals surface area contributed by atoms with Crippen LogP contribution in [0.2, 0.25) is 0 Å². The van der Waals surface area contributed by atoms with E-state index in [1.165, 1.54) is 26.2 Å². The number of nitrogens with one attached hydrogen (secondary N) is 2. The van der Waals surface area contributed by atoms with Crippen LogP contribution in [-0.2, 0) is 4.79 Å². The number of hydrogen-bond donors (Lipinski definition) is 4. The number of rotatable bonds is 6. The number of carboxylic acid groups (broad SMARTS) is 1. The van der Waals surface area contributed by atoms with Crippen molar-refractivity contribution < 1.29 is 37.3 Å². The molecule has 0 aliphatic carbocycles. The van der Waals surface area contributed by atoms with Gasteiger partial charge in [0.1, 0.15) is 11.5 Å². The van der Waals surface area contributed by atoms with Crippen LogP contribution < -0.4 is 25.8 Å². The fourth-order valence-electron chi connectivity index (χ4n) is 4.17. The minimum atomic E-state index is -5.08. The third-order valence-corrected chi connectivity index (χ3v) is 9.75. The van der Waals surface area contributed by atoms with Gasteiger partial charge in [-0.2, -0.15) is 13.2 Å². The molecule has 0 saturated carbocycles. The standard InChI is InChI=1S/C20H14IN3O2S.C13H9IN2OS.C2HF3O2/c21-13-6-8-15(9-7-13)26-17-11-22-12-18-16(17)10-19(27-18)24-20(25)23-14-4-2-1-3-5-14;14-8-1-3-9(4-2-8)17-11-6-16-7-12-10(11)5-13(15)18-12;3-2(4,5)1(6)7/h1-12H,(H2,23,24,25);1-7H,15H2;(H,6,7). The molecule has 17 heteroatoms. The van der Waals surface area contributed by atoms with Crippen molar-refractivity contribution in [1.82, 2.24) is 9.97 Å². The number of amides is 2. The lowest BCUT2D eigenvalue weighted by Crippen LogP contribution is -2.21. The van der Waals surface area contributed by atoms with Gasteiger partial charge in [0.2, 0.25) is 0 Å². The Morgan fingerprint density at radius 1 is 0.712 bits per heavy atom. The Bertz CT molecular complexity index is 2290. The maximum atomic E-state index is 12.2. The molecule has 0 aliphatic rings. The fourth-order valence-corrected chi connectivity index (χ4v) is 6.64. The van der Waals surface area contributed by atoms with Crippen LogP contribution in [0.1, 0.15) is 0 Å². The average Bonchev–Trinajstić information content (AvgIpc) is 3.70. The maximum Gasteiger partial charge on any atom is 0.490 e. The molecule has 0 bridgehead atoms. The minimum absolute atomic E-state index is 0.291. The average molecular weight is 970 g/mol. The third kappa shape index (κ3) is 11.1. The summed E-state index contributed by atoms with van der Waals surface area (Å²) in [6.07, 6.45) is 1.88. The molecule has 5 N–H and O–H groups in total. The second kappa shape index (κ2) is 17.7. The molecule has 10 nitrogen and oxygen atoms in total. The van der Waals surface area contributed by atoms with Crippen molar-refractivity contribution in [2.45, 2.75) is 6.18 Å². The Morgan fingerprint density at radius 3 is 1.69 bits per heavy atom. The summed E-state index contributed by atoms with van der Waals surface area (Å²) in [5, 5.41) is 16.2. The van der Waals surface area contributed by atoms with Crippen molar-refractivity contribution in [2.75, 3.05) is 16.4 Å². The zero-order valence-corrected chi connectivity index (χ0v) is 32.2. The highest BCUT2D eigenvalue weighted by atomic mass is 127. The van der Waals surface area contributed by atoms with Gasteiger partial charge in [0.15, 0.2) is 11.5 Å². The molecule has 4 aromatic heterocycles. The molecular formula is C35H24F3I2N5O5S2. The highest BCUT2D eigenvalue weighted by Gasteiger charge is 2.38. The molecule has 0 spiro atoms. The second-order valence-electron chi connectivity index (χ2n) is 10.2. The number of benzene rings is 3. The maximum absolute atomic E-state index is 12.2. The first kappa shape index (κ1) is 38.5. The van der Waals surface area contributed by atoms with Crippen LogP contribution in [0.25, 0.3) is 20.2 Å². The Morgan fingerprint density at radius 2 is 1.19 bits per heavy atom. The van der Waals surface area contributed by atoms with E-state index in [4.69, 9.17) is 25.1 Å². The number of urea groups is 1. The number of carbonyl (C=O) groups is 2. The van der Waals surface area contributed by atoms with E-state index in [-0.39, 0.29) is 6.03 Å². The minimum Gasteiger partial charge on any atom is -0.475 e. The number of aliphatic carboxylic acids is 1. The number of para-hydroxylation sites is 1. The number of carboxylic acids is 1. The summed E-state index contributed by atoms with van der Waals surface area (Å²) in [6, 6.07) is 28.5. The van der Waals surface area contributed by atoms with E-state index < -0.39 is 12.1 Å². The number of halogens is 5. The van der Waals surface area contributed by atoms with Gasteiger partial charge in [-0.1, -0.05) is 18.2 Å². The van der Waals surface area contributed by atoms with Crippen LogP contribution in [-0.4, -0.2) is 33.3 Å². The molecule has 2 amide bonds. The van der Waals surface area contributed by atoms with Crippen molar-refractivity contribution in [3.8, 4) is 23.0 Å². The summed E-state index contributed by atoms with van der Waals surface area (Å²) in [5.41, 5.74) is 6.54. The number of nitrogens with zero attached hydrogens (tertiary/aromatic N) is 2. The molecular weight excluding hydrogens is 945 g/mol. The number of aromatic nitrogens is 2. The van der Waals surface area contributed by atoms with Crippen LogP contribution in [0.5, 0.6) is 23.0 Å². The van der Waals surface area contributed by atoms with Gasteiger partial charge >= 0.3 is 18.2 Å². The number of pyridine rings is 2. The van der Waals surface area contributed by atoms with Crippen molar-refractivity contribution in [1.29, 1.82) is 0 Å². The van der Waals surface area contributed by atoms with Gasteiger partial charge < -0.3 is 25.6 Å². The number of carbonyl (C=O) groups excluding carboxylic acids is 1. The zero-order chi connectivity index (χ0) is 37.3. The van der Waals surface area contributed by atoms with Crippen LogP contribution >= 0.6 is 67.9 Å². The summed E-state index contributed by atoms with van der Waals surface area (Å²) >= 11 is 7.47. The Kier molecular flexibility index (Phi) is 13.1. The van der Waals surface area contributed by atoms with E-state index in [9.17, 15) is 18.0 Å². The molecule has 0 saturated heterocycles. The first-order valence-electron chi connectivity index (χ1n) is 14.6. The molecule has 7 aromatic rings. The van der Waals surface area contributed by atoms with Gasteiger partial charge in [-0.25, -0.2) is 9.59 Å². The molecule has 3 aromatic carbocycles. The fraction of sp³-hybridized carbons (Fsp3) is 0.0286. The zero-order valence-electron chi connectivity index (χ0n) is 26.2. The van der Waals surface area contributed by atoms with Crippen LogP contribution in [0.15, 0.2) is 116 Å². The molecule has 4 heterocycles. The van der Waals surface area contributed by atoms with Crippen molar-refractivity contribution in [3.63, 3.8) is 0 Å². The lowest BCUT2D eigenvalue weighted by Gasteiger charge is -2.06. The third-order valence-electron chi connectivity index (χ3n) is 6.43. The number of nitrogen functional groups attached to an aromatic ring is 1. The largest absolute Gasteiger partial charge is 0.490 e. The number of ether oxygens (including phenoxy) is 2. The van der Waals surface area contributed by atoms with E-state index in [0.717, 1.165) is 56.7 Å². The SMILES string of the molecule is Nc1cc2c(Oc3ccc(I)cc3)cncc2s1.O=C(Nc1ccccc1)Nc1cc2c(Oc3ccc(I)cc3)cncc2s1.O=C(O)C(F)(F)F. The highest BCUT2D eigenvalue weighted by Crippen LogP contribution is 2.37. The summed E-state index contributed by atoms with van der Waals surface area (Å²) < 4.78 is 47.8. The molecule has 0 atom stereocenters. The van der Waals surface area contributed by atoms with Crippen molar-refractivity contribution in [3.05, 3.63) is 123 Å². The molecule has 52 heavy (non-hydrogen) atoms. The van der Waals surface area contributed by atoms with E-state index in [1.54, 1.807) is 24.8 Å². The Hall–Kier alpha value is -4.73. The van der Waals surface area contributed by atoms with Crippen LogP contribution in [0.4, 0.5) is 33.7 Å². The van der Waals surface area contributed by atoms with E-state index in [1.807, 2.05) is 91.0 Å². The quantitative estimate of drug-likeness (QED) is 0.120. The first-order chi connectivity index (χ1) is 24.8. The van der Waals surface area contributed by atoms with Crippen LogP contribution in [0.3, 0.4) is 0 Å². The molecule has 266 valence electrons. The van der Waals surface area contributed by atoms with Gasteiger partial charge in [0.25, 0.3) is 0 Å². The number of fused-ring (bicyclic) bond motifs is 2. The summed E-state index contributed by atoms with van der Waals surface area (Å²) in [6.45, 7) is 0. The molecule has 7 rings (SSSR count). The smallest absolute Gasteiger partial charge is 0.475 e. The number of hydrogen-bond acceptors (Lipinski definition) is 9. The van der Waals surface area contributed by atoms with Gasteiger partial charge in [-0.15, -0.1) is 22.7 Å². The van der Waals surface area contributed by atoms with E-state index in [2.05, 4.69) is 65.8 Å². The first-order valence-corrected chi connectivity index (χ1v) is 18.4. The summed E-state index contributed by atoms with van der Waals surface area (Å²) in [7, 11) is 0. The van der Waals surface area contributed by atoms with Gasteiger partial charge in [-0.3, -0.25) is 15.3 Å². The van der Waals surface area contributed by atoms with Crippen molar-refractivity contribution in [2.24, 2.45) is 0 Å². The van der Waals surface area contributed by atoms with Gasteiger partial charge in [0.05, 0.1) is 31.8 Å². The molecule has 0 fully saturated rings. The number of thiophene rings is 2. The predicted molar refractivity (Wildman–Crippen MR) is 215 cm³/mol. The molecule has 0 aliphatic heterocycles. The van der Waals surface area contributed by atoms with Crippen molar-refractivity contribution >= 4 is 116 Å².